The van der Waals surface area contributed by atoms with Gasteiger partial charge in [-0.1, -0.05) is 35.3 Å². The molecule has 0 aliphatic carbocycles. The highest BCUT2D eigenvalue weighted by Crippen LogP contribution is 2.38. The molecule has 3 rings (SSSR count). The molecule has 56 heavy (non-hydrogen) atoms. The lowest BCUT2D eigenvalue weighted by molar-refractivity contribution is -0.261. The molecule has 0 aromatic heterocycles. The number of carbonyl (C=O) groups is 4. The summed E-state index contributed by atoms with van der Waals surface area (Å²) in [7, 11) is 2.57. The van der Waals surface area contributed by atoms with E-state index in [0.29, 0.717) is 42.7 Å². The number of hydrogen-bond donors (Lipinski definition) is 5. The number of ether oxygens (including phenoxy) is 8. The second-order valence-electron chi connectivity index (χ2n) is 12.4. The Morgan fingerprint density at radius 3 is 2.27 bits per heavy atom. The first kappa shape index (κ1) is 46.9. The van der Waals surface area contributed by atoms with Crippen molar-refractivity contribution in [3.05, 3.63) is 62.6 Å². The van der Waals surface area contributed by atoms with Crippen LogP contribution >= 0.6 is 23.2 Å². The van der Waals surface area contributed by atoms with Crippen LogP contribution in [-0.4, -0.2) is 150 Å². The number of rotatable bonds is 25. The van der Waals surface area contributed by atoms with Crippen LogP contribution in [0.5, 0.6) is 5.75 Å². The number of esters is 1. The minimum Gasteiger partial charge on any atom is -0.486 e. The molecular weight excluding hydrogens is 783 g/mol. The van der Waals surface area contributed by atoms with Crippen molar-refractivity contribution in [2.45, 2.75) is 57.0 Å². The SMILES string of the molecule is COC(=O)COCCOCCCC(=O)COCCOCCNC(=O)c1cccc(COc2c(Cl)cc(C(=O)N[C@H]3[C@@H](OC)O[C@H](CO)[C@@H](O)[C@@H]3O)c(C)c2Cl)c1. The fourth-order valence-corrected chi connectivity index (χ4v) is 5.87. The summed E-state index contributed by atoms with van der Waals surface area (Å²) in [6.45, 7) is 2.69. The molecule has 1 aliphatic heterocycles. The topological polar surface area (TPSA) is 227 Å². The molecule has 1 aliphatic rings. The van der Waals surface area contributed by atoms with E-state index in [4.69, 9.17) is 56.4 Å². The zero-order chi connectivity index (χ0) is 41.0. The Bertz CT molecular complexity index is 1580. The van der Waals surface area contributed by atoms with Crippen LogP contribution in [0.2, 0.25) is 10.0 Å². The fraction of sp³-hybridized carbons (Fsp3) is 0.568. The van der Waals surface area contributed by atoms with Crippen molar-refractivity contribution < 1.29 is 72.4 Å². The number of Topliss-reactive ketones (excluding diaryl/α,β-unsaturated/α-hetero) is 1. The molecule has 312 valence electrons. The number of aliphatic hydroxyl groups is 3. The quantitative estimate of drug-likeness (QED) is 0.0704. The summed E-state index contributed by atoms with van der Waals surface area (Å²) in [5.74, 6) is -1.42. The average Bonchev–Trinajstić information content (AvgIpc) is 3.19. The Morgan fingerprint density at radius 1 is 0.875 bits per heavy atom. The summed E-state index contributed by atoms with van der Waals surface area (Å²) in [5, 5.41) is 35.7. The molecule has 0 spiro atoms. The van der Waals surface area contributed by atoms with Gasteiger partial charge in [0, 0.05) is 37.8 Å². The van der Waals surface area contributed by atoms with E-state index in [2.05, 4.69) is 15.4 Å². The van der Waals surface area contributed by atoms with E-state index < -0.39 is 49.1 Å². The van der Waals surface area contributed by atoms with Gasteiger partial charge in [-0.3, -0.25) is 14.4 Å². The van der Waals surface area contributed by atoms with Gasteiger partial charge in [0.2, 0.25) is 0 Å². The Balaban J connectivity index is 1.36. The molecule has 0 unspecified atom stereocenters. The maximum absolute atomic E-state index is 13.3. The van der Waals surface area contributed by atoms with Crippen LogP contribution in [-0.2, 0) is 49.4 Å². The van der Waals surface area contributed by atoms with Gasteiger partial charge in [-0.15, -0.1) is 0 Å². The van der Waals surface area contributed by atoms with Gasteiger partial charge in [-0.2, -0.15) is 0 Å². The maximum Gasteiger partial charge on any atom is 0.331 e. The molecule has 17 nitrogen and oxygen atoms in total. The highest BCUT2D eigenvalue weighted by Gasteiger charge is 2.45. The lowest BCUT2D eigenvalue weighted by Gasteiger charge is -2.41. The van der Waals surface area contributed by atoms with Crippen molar-refractivity contribution in [3.63, 3.8) is 0 Å². The molecule has 2 amide bonds. The average molecular weight is 834 g/mol. The van der Waals surface area contributed by atoms with Gasteiger partial charge < -0.3 is 63.8 Å². The molecule has 5 N–H and O–H groups in total. The Hall–Kier alpha value is -3.46. The molecule has 19 heteroatoms. The molecular formula is C37H50Cl2N2O15. The number of hydrogen-bond acceptors (Lipinski definition) is 15. The fourth-order valence-electron chi connectivity index (χ4n) is 5.31. The molecule has 2 aromatic carbocycles. The number of benzene rings is 2. The number of carbonyl (C=O) groups excluding carboxylic acids is 4. The monoisotopic (exact) mass is 832 g/mol. The summed E-state index contributed by atoms with van der Waals surface area (Å²) in [4.78, 5) is 48.9. The highest BCUT2D eigenvalue weighted by molar-refractivity contribution is 6.38. The molecule has 1 heterocycles. The summed E-state index contributed by atoms with van der Waals surface area (Å²) in [6.07, 6.45) is -4.41. The van der Waals surface area contributed by atoms with Gasteiger partial charge in [0.1, 0.15) is 44.2 Å². The first-order valence-electron chi connectivity index (χ1n) is 17.8. The standard InChI is InChI=1S/C37H50Cl2N2O15/c1-22-26(36(48)41-31-33(46)32(45)28(18-42)56-37(31)50-3)17-27(38)34(30(22)39)55-19-23-6-4-7-24(16-23)35(47)40-9-11-52-13-14-53-20-25(43)8-5-10-51-12-15-54-21-29(44)49-2/h4,6-7,16-17,28,31-33,37,42,45-46H,5,8-15,18-21H2,1-3H3,(H,40,47)(H,41,48)/t28-,31-,32-,33-,37+/m1/s1. The number of halogens is 2. The van der Waals surface area contributed by atoms with E-state index in [1.165, 1.54) is 20.3 Å². The Labute approximate surface area is 334 Å². The number of ketones is 1. The predicted octanol–water partition coefficient (Wildman–Crippen LogP) is 1.38. The first-order chi connectivity index (χ1) is 26.9. The van der Waals surface area contributed by atoms with Crippen LogP contribution in [0.25, 0.3) is 0 Å². The van der Waals surface area contributed by atoms with Crippen LogP contribution < -0.4 is 15.4 Å². The summed E-state index contributed by atoms with van der Waals surface area (Å²) in [6, 6.07) is 6.91. The molecule has 0 saturated carbocycles. The van der Waals surface area contributed by atoms with Gasteiger partial charge >= 0.3 is 5.97 Å². The third kappa shape index (κ3) is 14.8. The summed E-state index contributed by atoms with van der Waals surface area (Å²) >= 11 is 13.1. The minimum atomic E-state index is -1.51. The Morgan fingerprint density at radius 2 is 1.57 bits per heavy atom. The first-order valence-corrected chi connectivity index (χ1v) is 18.5. The van der Waals surface area contributed by atoms with E-state index in [9.17, 15) is 34.5 Å². The van der Waals surface area contributed by atoms with E-state index in [1.807, 2.05) is 0 Å². The van der Waals surface area contributed by atoms with Crippen molar-refractivity contribution >= 4 is 46.8 Å². The van der Waals surface area contributed by atoms with Crippen molar-refractivity contribution in [1.29, 1.82) is 0 Å². The lowest BCUT2D eigenvalue weighted by Crippen LogP contribution is -2.64. The zero-order valence-corrected chi connectivity index (χ0v) is 33.0. The van der Waals surface area contributed by atoms with Crippen LogP contribution in [0.1, 0.15) is 44.7 Å². The second kappa shape index (κ2) is 25.0. The van der Waals surface area contributed by atoms with Crippen molar-refractivity contribution in [1.82, 2.24) is 10.6 Å². The third-order valence-corrected chi connectivity index (χ3v) is 9.12. The molecule has 1 fully saturated rings. The molecule has 2 aromatic rings. The van der Waals surface area contributed by atoms with Crippen molar-refractivity contribution in [2.24, 2.45) is 0 Å². The van der Waals surface area contributed by atoms with Gasteiger partial charge in [-0.25, -0.2) is 4.79 Å². The number of methoxy groups -OCH3 is 2. The van der Waals surface area contributed by atoms with Gasteiger partial charge in [0.05, 0.1) is 56.8 Å². The largest absolute Gasteiger partial charge is 0.486 e. The van der Waals surface area contributed by atoms with E-state index >= 15 is 0 Å². The van der Waals surface area contributed by atoms with E-state index in [1.54, 1.807) is 31.2 Å². The lowest BCUT2D eigenvalue weighted by atomic mass is 9.96. The summed E-state index contributed by atoms with van der Waals surface area (Å²) in [5.41, 5.74) is 1.41. The predicted molar refractivity (Wildman–Crippen MR) is 200 cm³/mol. The third-order valence-electron chi connectivity index (χ3n) is 8.38. The summed E-state index contributed by atoms with van der Waals surface area (Å²) < 4.78 is 42.3. The van der Waals surface area contributed by atoms with Crippen LogP contribution in [0, 0.1) is 6.92 Å². The highest BCUT2D eigenvalue weighted by atomic mass is 35.5. The normalized spacial score (nSPS) is 19.3. The molecule has 5 atom stereocenters. The second-order valence-corrected chi connectivity index (χ2v) is 13.2. The maximum atomic E-state index is 13.3. The van der Waals surface area contributed by atoms with Crippen molar-refractivity contribution in [3.8, 4) is 5.75 Å². The smallest absolute Gasteiger partial charge is 0.331 e. The number of amides is 2. The minimum absolute atomic E-state index is 0.00878. The van der Waals surface area contributed by atoms with E-state index in [0.717, 1.165) is 0 Å². The van der Waals surface area contributed by atoms with Crippen LogP contribution in [0.15, 0.2) is 30.3 Å². The van der Waals surface area contributed by atoms with Gasteiger partial charge in [0.25, 0.3) is 11.8 Å². The van der Waals surface area contributed by atoms with Crippen molar-refractivity contribution in [2.75, 3.05) is 80.2 Å². The molecule has 0 radical (unpaired) electrons. The number of aliphatic hydroxyl groups excluding tert-OH is 3. The zero-order valence-electron chi connectivity index (χ0n) is 31.5. The van der Waals surface area contributed by atoms with E-state index in [-0.39, 0.29) is 85.8 Å². The number of nitrogens with one attached hydrogen (secondary N) is 2. The Kier molecular flexibility index (Phi) is 21.0. The van der Waals surface area contributed by atoms with Gasteiger partial charge in [0.15, 0.2) is 17.8 Å². The molecule has 0 bridgehead atoms. The van der Waals surface area contributed by atoms with Crippen LogP contribution in [0.3, 0.4) is 0 Å². The van der Waals surface area contributed by atoms with Crippen LogP contribution in [0.4, 0.5) is 0 Å². The van der Waals surface area contributed by atoms with Gasteiger partial charge in [-0.05, 0) is 42.7 Å². The molecule has 1 saturated heterocycles.